The van der Waals surface area contributed by atoms with Crippen LogP contribution in [0, 0.1) is 11.3 Å². The van der Waals surface area contributed by atoms with Crippen LogP contribution in [0.2, 0.25) is 0 Å². The Balaban J connectivity index is 1.69. The van der Waals surface area contributed by atoms with Gasteiger partial charge in [-0.15, -0.1) is 0 Å². The highest BCUT2D eigenvalue weighted by Gasteiger charge is 2.46. The molecule has 0 aliphatic carbocycles. The van der Waals surface area contributed by atoms with E-state index in [9.17, 15) is 0 Å². The maximum absolute atomic E-state index is 6.03. The summed E-state index contributed by atoms with van der Waals surface area (Å²) in [5.74, 6) is 0.639. The molecule has 1 aromatic rings. The van der Waals surface area contributed by atoms with Gasteiger partial charge in [0.25, 0.3) is 0 Å². The molecule has 3 rings (SSSR count). The van der Waals surface area contributed by atoms with Crippen LogP contribution in [0.15, 0.2) is 30.3 Å². The largest absolute Gasteiger partial charge is 0.381 e. The molecule has 0 radical (unpaired) electrons. The monoisotopic (exact) mass is 260 g/mol. The van der Waals surface area contributed by atoms with Gasteiger partial charge in [-0.25, -0.2) is 0 Å². The van der Waals surface area contributed by atoms with Crippen molar-refractivity contribution in [2.24, 2.45) is 17.1 Å². The number of hydrogen-bond donors (Lipinski definition) is 1. The first kappa shape index (κ1) is 13.1. The van der Waals surface area contributed by atoms with Gasteiger partial charge in [-0.05, 0) is 36.3 Å². The minimum absolute atomic E-state index is 0.418. The zero-order valence-corrected chi connectivity index (χ0v) is 11.6. The Morgan fingerprint density at radius 1 is 1.21 bits per heavy atom. The molecule has 2 N–H and O–H groups in total. The van der Waals surface area contributed by atoms with Crippen molar-refractivity contribution in [1.29, 1.82) is 0 Å². The second-order valence-corrected chi connectivity index (χ2v) is 6.06. The first-order valence-corrected chi connectivity index (χ1v) is 7.36. The lowest BCUT2D eigenvalue weighted by molar-refractivity contribution is 0.00103. The average molecular weight is 260 g/mol. The summed E-state index contributed by atoms with van der Waals surface area (Å²) in [6.07, 6.45) is 2.36. The molecule has 0 bridgehead atoms. The van der Waals surface area contributed by atoms with E-state index in [1.807, 2.05) is 0 Å². The maximum Gasteiger partial charge on any atom is 0.0471 e. The molecular formula is C16H24N2O. The third-order valence-electron chi connectivity index (χ3n) is 4.91. The molecule has 19 heavy (non-hydrogen) atoms. The minimum atomic E-state index is 0.418. The van der Waals surface area contributed by atoms with E-state index in [-0.39, 0.29) is 0 Å². The Morgan fingerprint density at radius 3 is 2.63 bits per heavy atom. The van der Waals surface area contributed by atoms with Gasteiger partial charge < -0.3 is 10.5 Å². The van der Waals surface area contributed by atoms with Gasteiger partial charge in [0.05, 0.1) is 0 Å². The average Bonchev–Trinajstić information content (AvgIpc) is 2.78. The van der Waals surface area contributed by atoms with E-state index in [0.29, 0.717) is 11.3 Å². The Bertz CT molecular complexity index is 400. The smallest absolute Gasteiger partial charge is 0.0471 e. The summed E-state index contributed by atoms with van der Waals surface area (Å²) in [6.45, 7) is 6.02. The Morgan fingerprint density at radius 2 is 1.95 bits per heavy atom. The number of hydrogen-bond acceptors (Lipinski definition) is 3. The first-order valence-electron chi connectivity index (χ1n) is 7.36. The second kappa shape index (κ2) is 5.61. The fraction of sp³-hybridized carbons (Fsp3) is 0.625. The van der Waals surface area contributed by atoms with Gasteiger partial charge >= 0.3 is 0 Å². The van der Waals surface area contributed by atoms with Gasteiger partial charge in [0.2, 0.25) is 0 Å². The normalized spacial score (nSPS) is 26.9. The lowest BCUT2D eigenvalue weighted by atomic mass is 9.72. The zero-order valence-electron chi connectivity index (χ0n) is 11.6. The SMILES string of the molecule is NCC1CN(Cc2ccccc2)CC12CCOCC2. The Kier molecular flexibility index (Phi) is 3.87. The van der Waals surface area contributed by atoms with Crippen LogP contribution in [0.1, 0.15) is 18.4 Å². The molecule has 2 heterocycles. The number of likely N-dealkylation sites (tertiary alicyclic amines) is 1. The molecule has 3 nitrogen and oxygen atoms in total. The summed E-state index contributed by atoms with van der Waals surface area (Å²) >= 11 is 0. The summed E-state index contributed by atoms with van der Waals surface area (Å²) in [6, 6.07) is 10.8. The van der Waals surface area contributed by atoms with Gasteiger partial charge in [-0.2, -0.15) is 0 Å². The summed E-state index contributed by atoms with van der Waals surface area (Å²) < 4.78 is 5.54. The molecule has 2 saturated heterocycles. The van der Waals surface area contributed by atoms with Crippen molar-refractivity contribution >= 4 is 0 Å². The van der Waals surface area contributed by atoms with Crippen molar-refractivity contribution in [1.82, 2.24) is 4.90 Å². The highest BCUT2D eigenvalue weighted by Crippen LogP contribution is 2.44. The second-order valence-electron chi connectivity index (χ2n) is 6.06. The number of nitrogens with zero attached hydrogens (tertiary/aromatic N) is 1. The van der Waals surface area contributed by atoms with E-state index in [1.54, 1.807) is 0 Å². The van der Waals surface area contributed by atoms with Crippen LogP contribution in [0.4, 0.5) is 0 Å². The molecule has 1 aromatic carbocycles. The topological polar surface area (TPSA) is 38.5 Å². The number of rotatable bonds is 3. The Labute approximate surface area is 115 Å². The minimum Gasteiger partial charge on any atom is -0.381 e. The van der Waals surface area contributed by atoms with Crippen molar-refractivity contribution in [3.63, 3.8) is 0 Å². The first-order chi connectivity index (χ1) is 9.32. The molecule has 0 amide bonds. The molecule has 2 fully saturated rings. The zero-order chi connectivity index (χ0) is 13.1. The van der Waals surface area contributed by atoms with E-state index >= 15 is 0 Å². The summed E-state index contributed by atoms with van der Waals surface area (Å²) in [7, 11) is 0. The van der Waals surface area contributed by atoms with Crippen LogP contribution in [0.25, 0.3) is 0 Å². The highest BCUT2D eigenvalue weighted by molar-refractivity contribution is 5.15. The Hall–Kier alpha value is -0.900. The van der Waals surface area contributed by atoms with E-state index in [0.717, 1.165) is 32.8 Å². The lowest BCUT2D eigenvalue weighted by Crippen LogP contribution is -2.39. The third kappa shape index (κ3) is 2.69. The van der Waals surface area contributed by atoms with E-state index in [4.69, 9.17) is 10.5 Å². The van der Waals surface area contributed by atoms with Crippen LogP contribution in [0.5, 0.6) is 0 Å². The molecule has 1 unspecified atom stereocenters. The van der Waals surface area contributed by atoms with Gasteiger partial charge in [-0.3, -0.25) is 4.90 Å². The van der Waals surface area contributed by atoms with Crippen LogP contribution in [0.3, 0.4) is 0 Å². The number of benzene rings is 1. The summed E-state index contributed by atoms with van der Waals surface area (Å²) in [5, 5.41) is 0. The molecule has 0 saturated carbocycles. The lowest BCUT2D eigenvalue weighted by Gasteiger charge is -2.37. The molecule has 1 spiro atoms. The fourth-order valence-electron chi connectivity index (χ4n) is 3.78. The van der Waals surface area contributed by atoms with E-state index in [1.165, 1.54) is 24.9 Å². The molecule has 104 valence electrons. The molecule has 0 aromatic heterocycles. The van der Waals surface area contributed by atoms with E-state index < -0.39 is 0 Å². The van der Waals surface area contributed by atoms with E-state index in [2.05, 4.69) is 35.2 Å². The fourth-order valence-corrected chi connectivity index (χ4v) is 3.78. The standard InChI is InChI=1S/C16H24N2O/c17-10-15-12-18(11-14-4-2-1-3-5-14)13-16(15)6-8-19-9-7-16/h1-5,15H,6-13,17H2. The summed E-state index contributed by atoms with van der Waals surface area (Å²) in [5.41, 5.74) is 7.85. The van der Waals surface area contributed by atoms with Gasteiger partial charge in [0.15, 0.2) is 0 Å². The van der Waals surface area contributed by atoms with Crippen molar-refractivity contribution in [2.75, 3.05) is 32.8 Å². The molecule has 3 heteroatoms. The number of ether oxygens (including phenoxy) is 1. The van der Waals surface area contributed by atoms with Crippen molar-refractivity contribution < 1.29 is 4.74 Å². The summed E-state index contributed by atoms with van der Waals surface area (Å²) in [4.78, 5) is 2.58. The maximum atomic E-state index is 6.03. The third-order valence-corrected chi connectivity index (χ3v) is 4.91. The molecule has 2 aliphatic rings. The van der Waals surface area contributed by atoms with Gasteiger partial charge in [0.1, 0.15) is 0 Å². The number of nitrogens with two attached hydrogens (primary N) is 1. The molecule has 1 atom stereocenters. The van der Waals surface area contributed by atoms with Gasteiger partial charge in [0, 0.05) is 32.8 Å². The van der Waals surface area contributed by atoms with Crippen molar-refractivity contribution in [2.45, 2.75) is 19.4 Å². The predicted octanol–water partition coefficient (Wildman–Crippen LogP) is 1.87. The predicted molar refractivity (Wildman–Crippen MR) is 76.7 cm³/mol. The molecule has 2 aliphatic heterocycles. The molecular weight excluding hydrogens is 236 g/mol. The van der Waals surface area contributed by atoms with Gasteiger partial charge in [-0.1, -0.05) is 30.3 Å². The van der Waals surface area contributed by atoms with Crippen LogP contribution >= 0.6 is 0 Å². The highest BCUT2D eigenvalue weighted by atomic mass is 16.5. The van der Waals surface area contributed by atoms with Crippen molar-refractivity contribution in [3.05, 3.63) is 35.9 Å². The van der Waals surface area contributed by atoms with Crippen LogP contribution < -0.4 is 5.73 Å². The quantitative estimate of drug-likeness (QED) is 0.902. The van der Waals surface area contributed by atoms with Crippen molar-refractivity contribution in [3.8, 4) is 0 Å². The van der Waals surface area contributed by atoms with Crippen LogP contribution in [-0.4, -0.2) is 37.7 Å². The van der Waals surface area contributed by atoms with Crippen LogP contribution in [-0.2, 0) is 11.3 Å².